The lowest BCUT2D eigenvalue weighted by atomic mass is 9.72. The van der Waals surface area contributed by atoms with Crippen LogP contribution in [0.1, 0.15) is 33.1 Å². The second kappa shape index (κ2) is 5.03. The van der Waals surface area contributed by atoms with Crippen LogP contribution in [0.4, 0.5) is 0 Å². The first-order valence-corrected chi connectivity index (χ1v) is 6.85. The number of hydrogen-bond donors (Lipinski definition) is 1. The standard InChI is InChI=1S/C13H27N3/c1-3-12(2)16-7-4-13(5-8-16)10-15(11-13)9-6-14/h12H,3-11,14H2,1-2H3. The van der Waals surface area contributed by atoms with E-state index in [1.807, 2.05) is 0 Å². The second-order valence-corrected chi connectivity index (χ2v) is 5.79. The van der Waals surface area contributed by atoms with Crippen molar-refractivity contribution >= 4 is 0 Å². The van der Waals surface area contributed by atoms with Crippen LogP contribution in [0, 0.1) is 5.41 Å². The number of nitrogens with zero attached hydrogens (tertiary/aromatic N) is 2. The Morgan fingerprint density at radius 1 is 1.25 bits per heavy atom. The Morgan fingerprint density at radius 3 is 2.38 bits per heavy atom. The fourth-order valence-corrected chi connectivity index (χ4v) is 3.26. The molecule has 2 fully saturated rings. The highest BCUT2D eigenvalue weighted by Gasteiger charge is 2.44. The lowest BCUT2D eigenvalue weighted by molar-refractivity contribution is -0.0508. The van der Waals surface area contributed by atoms with Gasteiger partial charge in [0.1, 0.15) is 0 Å². The zero-order valence-corrected chi connectivity index (χ0v) is 10.9. The van der Waals surface area contributed by atoms with Crippen molar-refractivity contribution in [1.82, 2.24) is 9.80 Å². The molecule has 2 aliphatic rings. The van der Waals surface area contributed by atoms with Crippen molar-refractivity contribution < 1.29 is 0 Å². The molecule has 2 aliphatic heterocycles. The molecule has 0 radical (unpaired) electrons. The van der Waals surface area contributed by atoms with Gasteiger partial charge in [-0.15, -0.1) is 0 Å². The first-order valence-electron chi connectivity index (χ1n) is 6.85. The van der Waals surface area contributed by atoms with E-state index in [1.165, 1.54) is 45.4 Å². The van der Waals surface area contributed by atoms with Crippen LogP contribution in [0.2, 0.25) is 0 Å². The molecule has 0 bridgehead atoms. The van der Waals surface area contributed by atoms with Gasteiger partial charge in [-0.05, 0) is 44.7 Å². The zero-order chi connectivity index (χ0) is 11.6. The van der Waals surface area contributed by atoms with Gasteiger partial charge in [0, 0.05) is 32.2 Å². The van der Waals surface area contributed by atoms with Crippen molar-refractivity contribution in [2.45, 2.75) is 39.2 Å². The molecule has 0 amide bonds. The summed E-state index contributed by atoms with van der Waals surface area (Å²) in [6, 6.07) is 0.776. The Morgan fingerprint density at radius 2 is 1.88 bits per heavy atom. The van der Waals surface area contributed by atoms with Crippen molar-refractivity contribution in [3.8, 4) is 0 Å². The minimum atomic E-state index is 0.666. The van der Waals surface area contributed by atoms with E-state index in [0.717, 1.165) is 19.1 Å². The van der Waals surface area contributed by atoms with E-state index in [9.17, 15) is 0 Å². The molecule has 0 aromatic heterocycles. The van der Waals surface area contributed by atoms with Crippen molar-refractivity contribution in [2.75, 3.05) is 39.3 Å². The largest absolute Gasteiger partial charge is 0.329 e. The molecule has 1 atom stereocenters. The third-order valence-electron chi connectivity index (χ3n) is 4.64. The third-order valence-corrected chi connectivity index (χ3v) is 4.64. The summed E-state index contributed by atoms with van der Waals surface area (Å²) in [7, 11) is 0. The maximum atomic E-state index is 5.59. The van der Waals surface area contributed by atoms with E-state index in [4.69, 9.17) is 5.73 Å². The van der Waals surface area contributed by atoms with Gasteiger partial charge in [0.2, 0.25) is 0 Å². The summed E-state index contributed by atoms with van der Waals surface area (Å²) in [4.78, 5) is 5.18. The molecule has 1 unspecified atom stereocenters. The summed E-state index contributed by atoms with van der Waals surface area (Å²) < 4.78 is 0. The molecule has 0 aliphatic carbocycles. The number of rotatable bonds is 4. The van der Waals surface area contributed by atoms with Gasteiger partial charge in [0.25, 0.3) is 0 Å². The number of hydrogen-bond acceptors (Lipinski definition) is 3. The van der Waals surface area contributed by atoms with Crippen LogP contribution < -0.4 is 5.73 Å². The van der Waals surface area contributed by atoms with Gasteiger partial charge in [-0.25, -0.2) is 0 Å². The van der Waals surface area contributed by atoms with Crippen LogP contribution in [0.5, 0.6) is 0 Å². The third kappa shape index (κ3) is 2.41. The van der Waals surface area contributed by atoms with Crippen LogP contribution in [-0.2, 0) is 0 Å². The number of likely N-dealkylation sites (tertiary alicyclic amines) is 2. The van der Waals surface area contributed by atoms with Crippen molar-refractivity contribution in [1.29, 1.82) is 0 Å². The number of nitrogens with two attached hydrogens (primary N) is 1. The van der Waals surface area contributed by atoms with Crippen LogP contribution >= 0.6 is 0 Å². The Hall–Kier alpha value is -0.120. The van der Waals surface area contributed by atoms with E-state index in [0.29, 0.717) is 5.41 Å². The summed E-state index contributed by atoms with van der Waals surface area (Å²) >= 11 is 0. The second-order valence-electron chi connectivity index (χ2n) is 5.79. The lowest BCUT2D eigenvalue weighted by Crippen LogP contribution is -2.61. The predicted octanol–water partition coefficient (Wildman–Crippen LogP) is 1.14. The summed E-state index contributed by atoms with van der Waals surface area (Å²) in [5.74, 6) is 0. The minimum Gasteiger partial charge on any atom is -0.329 e. The van der Waals surface area contributed by atoms with Gasteiger partial charge in [0.05, 0.1) is 0 Å². The van der Waals surface area contributed by atoms with Crippen LogP contribution in [0.15, 0.2) is 0 Å². The molecule has 2 saturated heterocycles. The summed E-state index contributed by atoms with van der Waals surface area (Å²) in [5, 5.41) is 0. The van der Waals surface area contributed by atoms with E-state index in [-0.39, 0.29) is 0 Å². The van der Waals surface area contributed by atoms with Gasteiger partial charge < -0.3 is 15.5 Å². The smallest absolute Gasteiger partial charge is 0.0105 e. The molecule has 0 saturated carbocycles. The van der Waals surface area contributed by atoms with Gasteiger partial charge in [-0.2, -0.15) is 0 Å². The molecule has 16 heavy (non-hydrogen) atoms. The molecule has 2 rings (SSSR count). The molecule has 3 nitrogen and oxygen atoms in total. The highest BCUT2D eigenvalue weighted by molar-refractivity contribution is 4.98. The van der Waals surface area contributed by atoms with Crippen molar-refractivity contribution in [2.24, 2.45) is 11.1 Å². The molecule has 2 heterocycles. The molecule has 1 spiro atoms. The molecule has 0 aromatic carbocycles. The highest BCUT2D eigenvalue weighted by Crippen LogP contribution is 2.40. The molecular formula is C13H27N3. The Kier molecular flexibility index (Phi) is 3.88. The Balaban J connectivity index is 1.74. The monoisotopic (exact) mass is 225 g/mol. The quantitative estimate of drug-likeness (QED) is 0.779. The molecule has 94 valence electrons. The van der Waals surface area contributed by atoms with Gasteiger partial charge in [-0.3, -0.25) is 0 Å². The SMILES string of the molecule is CCC(C)N1CCC2(CC1)CN(CCN)C2. The topological polar surface area (TPSA) is 32.5 Å². The van der Waals surface area contributed by atoms with E-state index in [1.54, 1.807) is 0 Å². The van der Waals surface area contributed by atoms with Crippen molar-refractivity contribution in [3.05, 3.63) is 0 Å². The number of piperidine rings is 1. The van der Waals surface area contributed by atoms with Crippen molar-refractivity contribution in [3.63, 3.8) is 0 Å². The minimum absolute atomic E-state index is 0.666. The average molecular weight is 225 g/mol. The maximum Gasteiger partial charge on any atom is 0.0105 e. The summed E-state index contributed by atoms with van der Waals surface area (Å²) in [5.41, 5.74) is 6.25. The first-order chi connectivity index (χ1) is 7.69. The summed E-state index contributed by atoms with van der Waals surface area (Å²) in [6.07, 6.45) is 4.09. The van der Waals surface area contributed by atoms with Gasteiger partial charge in [-0.1, -0.05) is 6.92 Å². The average Bonchev–Trinajstić information content (AvgIpc) is 2.27. The van der Waals surface area contributed by atoms with E-state index < -0.39 is 0 Å². The Bertz CT molecular complexity index is 213. The molecule has 2 N–H and O–H groups in total. The van der Waals surface area contributed by atoms with E-state index >= 15 is 0 Å². The first kappa shape index (κ1) is 12.3. The normalized spacial score (nSPS) is 27.9. The van der Waals surface area contributed by atoms with Gasteiger partial charge in [0.15, 0.2) is 0 Å². The highest BCUT2D eigenvalue weighted by atomic mass is 15.2. The van der Waals surface area contributed by atoms with Crippen LogP contribution in [-0.4, -0.2) is 55.1 Å². The maximum absolute atomic E-state index is 5.59. The molecular weight excluding hydrogens is 198 g/mol. The Labute approximate surface area is 100.0 Å². The van der Waals surface area contributed by atoms with Gasteiger partial charge >= 0.3 is 0 Å². The zero-order valence-electron chi connectivity index (χ0n) is 10.9. The van der Waals surface area contributed by atoms with Crippen LogP contribution in [0.25, 0.3) is 0 Å². The fourth-order valence-electron chi connectivity index (χ4n) is 3.26. The lowest BCUT2D eigenvalue weighted by Gasteiger charge is -2.54. The predicted molar refractivity (Wildman–Crippen MR) is 68.5 cm³/mol. The molecule has 0 aromatic rings. The fraction of sp³-hybridized carbons (Fsp3) is 1.00. The molecule has 3 heteroatoms. The van der Waals surface area contributed by atoms with E-state index in [2.05, 4.69) is 23.6 Å². The van der Waals surface area contributed by atoms with Crippen LogP contribution in [0.3, 0.4) is 0 Å². The summed E-state index contributed by atoms with van der Waals surface area (Å²) in [6.45, 7) is 11.8.